The largest absolute Gasteiger partial charge is 0.405 e. The molecule has 22 heavy (non-hydrogen) atoms. The van der Waals surface area contributed by atoms with Gasteiger partial charge < -0.3 is 5.32 Å². The summed E-state index contributed by atoms with van der Waals surface area (Å²) in [5, 5.41) is 3.45. The van der Waals surface area contributed by atoms with E-state index in [0.717, 1.165) is 5.56 Å². The highest BCUT2D eigenvalue weighted by Crippen LogP contribution is 2.11. The maximum Gasteiger partial charge on any atom is 0.405 e. The number of urea groups is 1. The van der Waals surface area contributed by atoms with Gasteiger partial charge in [-0.25, -0.2) is 4.79 Å². The molecule has 0 radical (unpaired) electrons. The Hall–Kier alpha value is -2.09. The van der Waals surface area contributed by atoms with Crippen molar-refractivity contribution < 1.29 is 22.8 Å². The number of hydrogen-bond acceptors (Lipinski definition) is 3. The lowest BCUT2D eigenvalue weighted by atomic mass is 10.2. The number of carbonyl (C=O) groups is 2. The van der Waals surface area contributed by atoms with Crippen molar-refractivity contribution in [1.82, 2.24) is 15.5 Å². The molecule has 0 unspecified atom stereocenters. The fraction of sp³-hybridized carbons (Fsp3) is 0.429. The minimum Gasteiger partial charge on any atom is -0.329 e. The van der Waals surface area contributed by atoms with Crippen molar-refractivity contribution in [3.63, 3.8) is 0 Å². The van der Waals surface area contributed by atoms with Gasteiger partial charge in [0.15, 0.2) is 0 Å². The summed E-state index contributed by atoms with van der Waals surface area (Å²) in [5.41, 5.74) is 0.999. The van der Waals surface area contributed by atoms with E-state index in [9.17, 15) is 22.8 Å². The zero-order valence-electron chi connectivity index (χ0n) is 12.1. The van der Waals surface area contributed by atoms with Crippen LogP contribution in [0.2, 0.25) is 0 Å². The molecule has 1 aromatic carbocycles. The molecule has 0 atom stereocenters. The van der Waals surface area contributed by atoms with Gasteiger partial charge in [-0.15, -0.1) is 0 Å². The van der Waals surface area contributed by atoms with Gasteiger partial charge in [0.25, 0.3) is 0 Å². The van der Waals surface area contributed by atoms with Crippen LogP contribution in [0.1, 0.15) is 12.5 Å². The molecule has 1 rings (SSSR count). The maximum atomic E-state index is 11.9. The topological polar surface area (TPSA) is 61.4 Å². The van der Waals surface area contributed by atoms with Crippen molar-refractivity contribution in [2.45, 2.75) is 19.6 Å². The van der Waals surface area contributed by atoms with Gasteiger partial charge in [0.1, 0.15) is 6.54 Å². The molecule has 0 heterocycles. The third-order valence-electron chi connectivity index (χ3n) is 2.77. The summed E-state index contributed by atoms with van der Waals surface area (Å²) < 4.78 is 35.8. The van der Waals surface area contributed by atoms with Gasteiger partial charge in [-0.3, -0.25) is 15.0 Å². The van der Waals surface area contributed by atoms with E-state index in [1.165, 1.54) is 0 Å². The van der Waals surface area contributed by atoms with E-state index < -0.39 is 24.7 Å². The molecular weight excluding hydrogens is 299 g/mol. The average Bonchev–Trinajstić information content (AvgIpc) is 2.44. The zero-order valence-corrected chi connectivity index (χ0v) is 12.1. The number of amides is 3. The van der Waals surface area contributed by atoms with Crippen LogP contribution in [0.3, 0.4) is 0 Å². The van der Waals surface area contributed by atoms with Gasteiger partial charge in [-0.05, 0) is 12.1 Å². The highest BCUT2D eigenvalue weighted by molar-refractivity contribution is 5.95. The molecule has 0 aliphatic heterocycles. The molecule has 5 nitrogen and oxygen atoms in total. The number of alkyl halides is 3. The van der Waals surface area contributed by atoms with E-state index in [2.05, 4.69) is 0 Å². The maximum absolute atomic E-state index is 11.9. The third kappa shape index (κ3) is 7.63. The van der Waals surface area contributed by atoms with Crippen molar-refractivity contribution in [1.29, 1.82) is 0 Å². The van der Waals surface area contributed by atoms with Gasteiger partial charge >= 0.3 is 12.2 Å². The molecule has 3 amide bonds. The summed E-state index contributed by atoms with van der Waals surface area (Å²) in [6, 6.07) is 8.25. The van der Waals surface area contributed by atoms with Crippen LogP contribution in [-0.2, 0) is 11.3 Å². The van der Waals surface area contributed by atoms with Gasteiger partial charge in [-0.2, -0.15) is 13.2 Å². The number of rotatable bonds is 6. The molecule has 0 bridgehead atoms. The first-order valence-electron chi connectivity index (χ1n) is 6.71. The van der Waals surface area contributed by atoms with Gasteiger partial charge in [0.2, 0.25) is 5.91 Å². The molecule has 0 saturated heterocycles. The van der Waals surface area contributed by atoms with E-state index in [1.807, 2.05) is 42.6 Å². The van der Waals surface area contributed by atoms with Crippen LogP contribution in [-0.4, -0.2) is 42.6 Å². The van der Waals surface area contributed by atoms with E-state index in [4.69, 9.17) is 0 Å². The van der Waals surface area contributed by atoms with Crippen LogP contribution in [0.4, 0.5) is 18.0 Å². The van der Waals surface area contributed by atoms with Crippen LogP contribution in [0.5, 0.6) is 0 Å². The molecule has 0 aromatic heterocycles. The molecule has 8 heteroatoms. The second-order valence-electron chi connectivity index (χ2n) is 4.63. The standard InChI is InChI=1S/C14H18F3N3O2/c1-2-20(8-11-6-4-3-5-7-11)9-12(21)19-13(22)18-10-14(15,16)17/h3-7H,2,8-10H2,1H3,(H2,18,19,21,22). The van der Waals surface area contributed by atoms with Crippen LogP contribution in [0, 0.1) is 0 Å². The lowest BCUT2D eigenvalue weighted by molar-refractivity contribution is -0.125. The predicted octanol–water partition coefficient (Wildman–Crippen LogP) is 1.90. The second-order valence-corrected chi connectivity index (χ2v) is 4.63. The summed E-state index contributed by atoms with van der Waals surface area (Å²) in [4.78, 5) is 24.6. The van der Waals surface area contributed by atoms with Crippen LogP contribution >= 0.6 is 0 Å². The van der Waals surface area contributed by atoms with Crippen molar-refractivity contribution in [2.75, 3.05) is 19.6 Å². The molecular formula is C14H18F3N3O2. The summed E-state index contributed by atoms with van der Waals surface area (Å²) in [5.74, 6) is -0.655. The van der Waals surface area contributed by atoms with E-state index >= 15 is 0 Å². The van der Waals surface area contributed by atoms with E-state index in [1.54, 1.807) is 10.2 Å². The lowest BCUT2D eigenvalue weighted by Gasteiger charge is -2.19. The van der Waals surface area contributed by atoms with E-state index in [-0.39, 0.29) is 6.54 Å². The zero-order chi connectivity index (χ0) is 16.6. The van der Waals surface area contributed by atoms with Crippen LogP contribution in [0.25, 0.3) is 0 Å². The van der Waals surface area contributed by atoms with Crippen molar-refractivity contribution in [3.8, 4) is 0 Å². The molecule has 0 fully saturated rings. The highest BCUT2D eigenvalue weighted by atomic mass is 19.4. The first-order chi connectivity index (χ1) is 10.3. The Morgan fingerprint density at radius 1 is 1.18 bits per heavy atom. The van der Waals surface area contributed by atoms with Gasteiger partial charge in [-0.1, -0.05) is 37.3 Å². The summed E-state index contributed by atoms with van der Waals surface area (Å²) >= 11 is 0. The molecule has 0 saturated carbocycles. The molecule has 122 valence electrons. The Bertz CT molecular complexity index is 492. The molecule has 0 spiro atoms. The molecule has 0 aliphatic carbocycles. The second kappa shape index (κ2) is 8.38. The number of likely N-dealkylation sites (N-methyl/N-ethyl adjacent to an activating group) is 1. The van der Waals surface area contributed by atoms with Gasteiger partial charge in [0.05, 0.1) is 6.54 Å². The fourth-order valence-electron chi connectivity index (χ4n) is 1.72. The SMILES string of the molecule is CCN(CC(=O)NC(=O)NCC(F)(F)F)Cc1ccccc1. The predicted molar refractivity (Wildman–Crippen MR) is 75.0 cm³/mol. The highest BCUT2D eigenvalue weighted by Gasteiger charge is 2.28. The summed E-state index contributed by atoms with van der Waals surface area (Å²) in [7, 11) is 0. The van der Waals surface area contributed by atoms with E-state index in [0.29, 0.717) is 13.1 Å². The molecule has 2 N–H and O–H groups in total. The number of hydrogen-bond donors (Lipinski definition) is 2. The Kier molecular flexibility index (Phi) is 6.84. The molecule has 0 aliphatic rings. The monoisotopic (exact) mass is 317 g/mol. The summed E-state index contributed by atoms with van der Waals surface area (Å²) in [6.07, 6.45) is -4.51. The number of halogens is 3. The van der Waals surface area contributed by atoms with Crippen molar-refractivity contribution in [2.24, 2.45) is 0 Å². The Balaban J connectivity index is 2.40. The number of imide groups is 1. The molecule has 1 aromatic rings. The number of carbonyl (C=O) groups excluding carboxylic acids is 2. The quantitative estimate of drug-likeness (QED) is 0.842. The average molecular weight is 317 g/mol. The smallest absolute Gasteiger partial charge is 0.329 e. The minimum atomic E-state index is -4.51. The van der Waals surface area contributed by atoms with Crippen molar-refractivity contribution in [3.05, 3.63) is 35.9 Å². The Morgan fingerprint density at radius 3 is 2.36 bits per heavy atom. The normalized spacial score (nSPS) is 11.3. The van der Waals surface area contributed by atoms with Crippen LogP contribution in [0.15, 0.2) is 30.3 Å². The first-order valence-corrected chi connectivity index (χ1v) is 6.71. The fourth-order valence-corrected chi connectivity index (χ4v) is 1.72. The number of nitrogens with one attached hydrogen (secondary N) is 2. The van der Waals surface area contributed by atoms with Crippen LogP contribution < -0.4 is 10.6 Å². The number of nitrogens with zero attached hydrogens (tertiary/aromatic N) is 1. The van der Waals surface area contributed by atoms with Crippen molar-refractivity contribution >= 4 is 11.9 Å². The Labute approximate surface area is 126 Å². The first kappa shape index (κ1) is 18.0. The van der Waals surface area contributed by atoms with Gasteiger partial charge in [0, 0.05) is 6.54 Å². The Morgan fingerprint density at radius 2 is 1.82 bits per heavy atom. The number of benzene rings is 1. The summed E-state index contributed by atoms with van der Waals surface area (Å²) in [6.45, 7) is 1.36. The minimum absolute atomic E-state index is 0.0785. The third-order valence-corrected chi connectivity index (χ3v) is 2.77. The lowest BCUT2D eigenvalue weighted by Crippen LogP contribution is -2.46.